The monoisotopic (exact) mass is 256 g/mol. The van der Waals surface area contributed by atoms with Crippen LogP contribution in [0.4, 0.5) is 5.69 Å². The molecular formula is C12H20N2O2S. The lowest BCUT2D eigenvalue weighted by atomic mass is 10.1. The van der Waals surface area contributed by atoms with Crippen molar-refractivity contribution in [2.45, 2.75) is 33.2 Å². The molecule has 4 nitrogen and oxygen atoms in total. The molecule has 17 heavy (non-hydrogen) atoms. The van der Waals surface area contributed by atoms with Crippen LogP contribution in [0.5, 0.6) is 0 Å². The zero-order valence-corrected chi connectivity index (χ0v) is 11.2. The molecule has 0 aliphatic heterocycles. The molecule has 0 aromatic heterocycles. The van der Waals surface area contributed by atoms with Gasteiger partial charge in [-0.1, -0.05) is 25.5 Å². The molecule has 0 amide bonds. The van der Waals surface area contributed by atoms with E-state index in [2.05, 4.69) is 4.72 Å². The van der Waals surface area contributed by atoms with Crippen LogP contribution in [0.3, 0.4) is 0 Å². The lowest BCUT2D eigenvalue weighted by molar-refractivity contribution is 0.598. The van der Waals surface area contributed by atoms with E-state index in [9.17, 15) is 8.42 Å². The van der Waals surface area contributed by atoms with Crippen LogP contribution in [-0.2, 0) is 16.6 Å². The van der Waals surface area contributed by atoms with Gasteiger partial charge in [0.15, 0.2) is 0 Å². The molecule has 0 fully saturated rings. The van der Waals surface area contributed by atoms with Gasteiger partial charge < -0.3 is 5.73 Å². The van der Waals surface area contributed by atoms with Gasteiger partial charge in [0.1, 0.15) is 0 Å². The fourth-order valence-corrected chi connectivity index (χ4v) is 2.92. The summed E-state index contributed by atoms with van der Waals surface area (Å²) in [6.07, 6.45) is 1.53. The number of nitrogens with two attached hydrogens (primary N) is 1. The highest BCUT2D eigenvalue weighted by Gasteiger charge is 2.12. The van der Waals surface area contributed by atoms with Gasteiger partial charge in [-0.05, 0) is 30.5 Å². The first-order valence-electron chi connectivity index (χ1n) is 5.79. The largest absolute Gasteiger partial charge is 0.326 e. The van der Waals surface area contributed by atoms with E-state index in [1.54, 1.807) is 6.07 Å². The van der Waals surface area contributed by atoms with E-state index < -0.39 is 10.0 Å². The fraction of sp³-hybridized carbons (Fsp3) is 0.500. The first kappa shape index (κ1) is 14.0. The summed E-state index contributed by atoms with van der Waals surface area (Å²) in [5.41, 5.74) is 8.09. The molecular weight excluding hydrogens is 236 g/mol. The molecule has 5 heteroatoms. The summed E-state index contributed by atoms with van der Waals surface area (Å²) in [5.74, 6) is 0.154. The molecule has 0 saturated heterocycles. The quantitative estimate of drug-likeness (QED) is 0.817. The topological polar surface area (TPSA) is 72.2 Å². The first-order chi connectivity index (χ1) is 8.00. The summed E-state index contributed by atoms with van der Waals surface area (Å²) in [6, 6.07) is 5.50. The van der Waals surface area contributed by atoms with Gasteiger partial charge in [-0.15, -0.1) is 0 Å². The molecule has 0 atom stereocenters. The first-order valence-corrected chi connectivity index (χ1v) is 7.44. The molecule has 0 unspecified atom stereocenters. The van der Waals surface area contributed by atoms with Gasteiger partial charge in [0.05, 0.1) is 11.4 Å². The van der Waals surface area contributed by atoms with Crippen molar-refractivity contribution in [2.75, 3.05) is 10.5 Å². The highest BCUT2D eigenvalue weighted by molar-refractivity contribution is 7.92. The Morgan fingerprint density at radius 3 is 2.65 bits per heavy atom. The van der Waals surface area contributed by atoms with E-state index in [-0.39, 0.29) is 5.75 Å². The van der Waals surface area contributed by atoms with Crippen molar-refractivity contribution in [1.82, 2.24) is 0 Å². The van der Waals surface area contributed by atoms with Crippen LogP contribution < -0.4 is 10.5 Å². The molecule has 0 heterocycles. The SMILES string of the molecule is CCCCS(=O)(=O)Nc1cccc(C)c1CN. The Labute approximate surface area is 103 Å². The Morgan fingerprint density at radius 2 is 2.06 bits per heavy atom. The van der Waals surface area contributed by atoms with E-state index >= 15 is 0 Å². The van der Waals surface area contributed by atoms with Crippen LogP contribution in [0.1, 0.15) is 30.9 Å². The number of rotatable bonds is 6. The third-order valence-electron chi connectivity index (χ3n) is 2.65. The lowest BCUT2D eigenvalue weighted by Crippen LogP contribution is -2.18. The van der Waals surface area contributed by atoms with Crippen molar-refractivity contribution >= 4 is 15.7 Å². The fourth-order valence-electron chi connectivity index (χ4n) is 1.62. The smallest absolute Gasteiger partial charge is 0.232 e. The second-order valence-corrected chi connectivity index (χ2v) is 5.92. The lowest BCUT2D eigenvalue weighted by Gasteiger charge is -2.13. The number of benzene rings is 1. The van der Waals surface area contributed by atoms with Gasteiger partial charge in [-0.3, -0.25) is 4.72 Å². The Kier molecular flexibility index (Phi) is 4.96. The maximum Gasteiger partial charge on any atom is 0.232 e. The van der Waals surface area contributed by atoms with E-state index in [0.29, 0.717) is 18.7 Å². The Balaban J connectivity index is 2.91. The maximum absolute atomic E-state index is 11.8. The third-order valence-corrected chi connectivity index (χ3v) is 4.00. The van der Waals surface area contributed by atoms with Crippen LogP contribution in [-0.4, -0.2) is 14.2 Å². The Hall–Kier alpha value is -1.07. The van der Waals surface area contributed by atoms with Gasteiger partial charge in [0, 0.05) is 6.54 Å². The minimum absolute atomic E-state index is 0.154. The number of anilines is 1. The highest BCUT2D eigenvalue weighted by Crippen LogP contribution is 2.20. The number of hydrogen-bond donors (Lipinski definition) is 2. The van der Waals surface area contributed by atoms with Crippen molar-refractivity contribution in [3.8, 4) is 0 Å². The predicted molar refractivity (Wildman–Crippen MR) is 71.4 cm³/mol. The highest BCUT2D eigenvalue weighted by atomic mass is 32.2. The Morgan fingerprint density at radius 1 is 1.35 bits per heavy atom. The van der Waals surface area contributed by atoms with Gasteiger partial charge in [-0.2, -0.15) is 0 Å². The normalized spacial score (nSPS) is 11.5. The molecule has 3 N–H and O–H groups in total. The number of aryl methyl sites for hydroxylation is 1. The zero-order valence-electron chi connectivity index (χ0n) is 10.4. The number of sulfonamides is 1. The molecule has 0 aliphatic carbocycles. The van der Waals surface area contributed by atoms with Crippen molar-refractivity contribution in [2.24, 2.45) is 5.73 Å². The second kappa shape index (κ2) is 6.02. The number of hydrogen-bond acceptors (Lipinski definition) is 3. The van der Waals surface area contributed by atoms with Crippen molar-refractivity contribution < 1.29 is 8.42 Å². The molecule has 1 rings (SSSR count). The van der Waals surface area contributed by atoms with Crippen LogP contribution in [0.25, 0.3) is 0 Å². The number of nitrogens with one attached hydrogen (secondary N) is 1. The van der Waals surface area contributed by atoms with Crippen molar-refractivity contribution in [3.05, 3.63) is 29.3 Å². The molecule has 0 spiro atoms. The third kappa shape index (κ3) is 4.02. The summed E-state index contributed by atoms with van der Waals surface area (Å²) >= 11 is 0. The molecule has 0 aliphatic rings. The maximum atomic E-state index is 11.8. The van der Waals surface area contributed by atoms with Gasteiger partial charge in [0.2, 0.25) is 10.0 Å². The Bertz CT molecular complexity index is 469. The van der Waals surface area contributed by atoms with Gasteiger partial charge in [-0.25, -0.2) is 8.42 Å². The van der Waals surface area contributed by atoms with Gasteiger partial charge >= 0.3 is 0 Å². The van der Waals surface area contributed by atoms with E-state index in [1.165, 1.54) is 0 Å². The van der Waals surface area contributed by atoms with Crippen LogP contribution in [0, 0.1) is 6.92 Å². The number of unbranched alkanes of at least 4 members (excludes halogenated alkanes) is 1. The summed E-state index contributed by atoms with van der Waals surface area (Å²) < 4.78 is 26.2. The minimum Gasteiger partial charge on any atom is -0.326 e. The van der Waals surface area contributed by atoms with Crippen LogP contribution in [0.2, 0.25) is 0 Å². The molecule has 0 bridgehead atoms. The average Bonchev–Trinajstić information content (AvgIpc) is 2.26. The van der Waals surface area contributed by atoms with Crippen molar-refractivity contribution in [1.29, 1.82) is 0 Å². The van der Waals surface area contributed by atoms with Gasteiger partial charge in [0.25, 0.3) is 0 Å². The van der Waals surface area contributed by atoms with E-state index in [0.717, 1.165) is 17.5 Å². The summed E-state index contributed by atoms with van der Waals surface area (Å²) in [5, 5.41) is 0. The van der Waals surface area contributed by atoms with Crippen LogP contribution >= 0.6 is 0 Å². The van der Waals surface area contributed by atoms with E-state index in [4.69, 9.17) is 5.73 Å². The second-order valence-electron chi connectivity index (χ2n) is 4.08. The van der Waals surface area contributed by atoms with E-state index in [1.807, 2.05) is 26.0 Å². The zero-order chi connectivity index (χ0) is 12.9. The molecule has 0 saturated carbocycles. The molecule has 96 valence electrons. The summed E-state index contributed by atoms with van der Waals surface area (Å²) in [7, 11) is -3.25. The average molecular weight is 256 g/mol. The van der Waals surface area contributed by atoms with Crippen LogP contribution in [0.15, 0.2) is 18.2 Å². The molecule has 1 aromatic carbocycles. The summed E-state index contributed by atoms with van der Waals surface area (Å²) in [6.45, 7) is 4.22. The standard InChI is InChI=1S/C12H20N2O2S/c1-3-4-8-17(15,16)14-12-7-5-6-10(2)11(12)9-13/h5-7,14H,3-4,8-9,13H2,1-2H3. The molecule has 1 aromatic rings. The predicted octanol–water partition coefficient (Wildman–Crippen LogP) is 2.00. The van der Waals surface area contributed by atoms with Crippen molar-refractivity contribution in [3.63, 3.8) is 0 Å². The molecule has 0 radical (unpaired) electrons. The summed E-state index contributed by atoms with van der Waals surface area (Å²) in [4.78, 5) is 0. The minimum atomic E-state index is -3.25.